The van der Waals surface area contributed by atoms with Crippen LogP contribution in [0.1, 0.15) is 10.4 Å². The molecule has 3 aromatic rings. The van der Waals surface area contributed by atoms with Crippen molar-refractivity contribution in [2.45, 2.75) is 4.90 Å². The van der Waals surface area contributed by atoms with E-state index in [-0.39, 0.29) is 33.7 Å². The van der Waals surface area contributed by atoms with Gasteiger partial charge in [-0.15, -0.1) is 0 Å². The Morgan fingerprint density at radius 2 is 1.87 bits per heavy atom. The second-order valence-electron chi connectivity index (χ2n) is 6.29. The van der Waals surface area contributed by atoms with Gasteiger partial charge in [-0.05, 0) is 48.5 Å². The van der Waals surface area contributed by atoms with Crippen LogP contribution in [0.5, 0.6) is 11.6 Å². The van der Waals surface area contributed by atoms with E-state index in [0.29, 0.717) is 13.2 Å². The molecule has 0 radical (unpaired) electrons. The third-order valence-corrected chi connectivity index (χ3v) is 5.43. The lowest BCUT2D eigenvalue weighted by Crippen LogP contribution is -2.27. The van der Waals surface area contributed by atoms with Crippen LogP contribution in [0.15, 0.2) is 71.8 Å². The summed E-state index contributed by atoms with van der Waals surface area (Å²) in [7, 11) is -2.39. The van der Waals surface area contributed by atoms with Crippen molar-refractivity contribution in [2.75, 3.05) is 25.0 Å². The van der Waals surface area contributed by atoms with Crippen LogP contribution in [0.25, 0.3) is 0 Å². The predicted octanol–water partition coefficient (Wildman–Crippen LogP) is 3.19. The number of sulfonamides is 1. The van der Waals surface area contributed by atoms with E-state index in [2.05, 4.69) is 15.0 Å². The number of ether oxygens (including phenoxy) is 2. The fourth-order valence-corrected chi connectivity index (χ4v) is 3.62. The maximum atomic E-state index is 13.1. The Labute approximate surface area is 179 Å². The molecule has 162 valence electrons. The van der Waals surface area contributed by atoms with Crippen LogP contribution >= 0.6 is 0 Å². The van der Waals surface area contributed by atoms with E-state index in [1.807, 2.05) is 0 Å². The van der Waals surface area contributed by atoms with Crippen molar-refractivity contribution >= 4 is 21.6 Å². The Morgan fingerprint density at radius 1 is 1.10 bits per heavy atom. The summed E-state index contributed by atoms with van der Waals surface area (Å²) in [6.07, 6.45) is 1.47. The summed E-state index contributed by atoms with van der Waals surface area (Å²) < 4.78 is 51.1. The van der Waals surface area contributed by atoms with Crippen molar-refractivity contribution < 1.29 is 27.1 Å². The number of benzene rings is 2. The van der Waals surface area contributed by atoms with Gasteiger partial charge < -0.3 is 14.8 Å². The molecule has 0 spiro atoms. The van der Waals surface area contributed by atoms with E-state index in [4.69, 9.17) is 9.47 Å². The number of amides is 1. The minimum atomic E-state index is -3.92. The fraction of sp³-hybridized carbons (Fsp3) is 0.143. The second-order valence-corrected chi connectivity index (χ2v) is 7.98. The number of methoxy groups -OCH3 is 1. The van der Waals surface area contributed by atoms with E-state index in [1.54, 1.807) is 24.3 Å². The summed E-state index contributed by atoms with van der Waals surface area (Å²) in [5, 5.41) is 2.69. The Kier molecular flexibility index (Phi) is 7.16. The zero-order valence-electron chi connectivity index (χ0n) is 16.5. The highest BCUT2D eigenvalue weighted by atomic mass is 32.2. The molecule has 0 saturated heterocycles. The molecule has 3 rings (SSSR count). The van der Waals surface area contributed by atoms with Crippen LogP contribution in [0.4, 0.5) is 10.1 Å². The van der Waals surface area contributed by atoms with E-state index in [9.17, 15) is 17.6 Å². The van der Waals surface area contributed by atoms with Crippen molar-refractivity contribution in [3.63, 3.8) is 0 Å². The van der Waals surface area contributed by atoms with Crippen LogP contribution in [0, 0.1) is 5.82 Å². The summed E-state index contributed by atoms with van der Waals surface area (Å²) in [5.41, 5.74) is 0.444. The average molecular weight is 445 g/mol. The molecule has 10 heteroatoms. The molecule has 0 saturated carbocycles. The molecule has 2 N–H and O–H groups in total. The molecule has 1 aromatic heterocycles. The van der Waals surface area contributed by atoms with Crippen LogP contribution in [-0.2, 0) is 14.8 Å². The topological polar surface area (TPSA) is 107 Å². The summed E-state index contributed by atoms with van der Waals surface area (Å²) in [6.45, 7) is 0.683. The molecule has 0 fully saturated rings. The quantitative estimate of drug-likeness (QED) is 0.490. The van der Waals surface area contributed by atoms with Gasteiger partial charge in [0.05, 0.1) is 17.2 Å². The number of aromatic nitrogens is 1. The lowest BCUT2D eigenvalue weighted by Gasteiger charge is -2.12. The largest absolute Gasteiger partial charge is 0.438 e. The van der Waals surface area contributed by atoms with Gasteiger partial charge in [-0.3, -0.25) is 9.52 Å². The Balaban J connectivity index is 1.77. The van der Waals surface area contributed by atoms with Gasteiger partial charge in [-0.2, -0.15) is 0 Å². The molecular weight excluding hydrogens is 425 g/mol. The number of hydrogen-bond acceptors (Lipinski definition) is 6. The Hall–Kier alpha value is -3.50. The lowest BCUT2D eigenvalue weighted by atomic mass is 10.2. The molecule has 0 aliphatic heterocycles. The Morgan fingerprint density at radius 3 is 2.61 bits per heavy atom. The van der Waals surface area contributed by atoms with Gasteiger partial charge in [-0.25, -0.2) is 17.8 Å². The zero-order valence-corrected chi connectivity index (χ0v) is 17.4. The first-order chi connectivity index (χ1) is 14.9. The molecule has 2 aromatic carbocycles. The molecule has 0 atom stereocenters. The first-order valence-electron chi connectivity index (χ1n) is 9.17. The standard InChI is InChI=1S/C21H20FN3O5S/c1-29-13-12-23-20(26)19-6-3-11-24-21(19)30-17-5-2-4-16(14-17)25-31(27,28)18-9-7-15(22)8-10-18/h2-11,14,25H,12-13H2,1H3,(H,23,26). The number of nitrogens with one attached hydrogen (secondary N) is 2. The first-order valence-corrected chi connectivity index (χ1v) is 10.7. The zero-order chi connectivity index (χ0) is 22.3. The van der Waals surface area contributed by atoms with Crippen LogP contribution in [0.3, 0.4) is 0 Å². The van der Waals surface area contributed by atoms with Gasteiger partial charge in [-0.1, -0.05) is 6.07 Å². The number of anilines is 1. The van der Waals surface area contributed by atoms with Crippen LogP contribution < -0.4 is 14.8 Å². The predicted molar refractivity (Wildman–Crippen MR) is 112 cm³/mol. The number of carbonyl (C=O) groups excluding carboxylic acids is 1. The third-order valence-electron chi connectivity index (χ3n) is 4.03. The van der Waals surface area contributed by atoms with E-state index in [1.165, 1.54) is 37.6 Å². The van der Waals surface area contributed by atoms with Crippen LogP contribution in [-0.4, -0.2) is 39.6 Å². The smallest absolute Gasteiger partial charge is 0.261 e. The lowest BCUT2D eigenvalue weighted by molar-refractivity contribution is 0.0934. The molecule has 31 heavy (non-hydrogen) atoms. The fourth-order valence-electron chi connectivity index (χ4n) is 2.57. The van der Waals surface area contributed by atoms with Gasteiger partial charge in [0, 0.05) is 25.9 Å². The van der Waals surface area contributed by atoms with E-state index < -0.39 is 15.8 Å². The molecule has 8 nitrogen and oxygen atoms in total. The Bertz CT molecular complexity index is 1150. The van der Waals surface area contributed by atoms with E-state index in [0.717, 1.165) is 12.1 Å². The van der Waals surface area contributed by atoms with Gasteiger partial charge in [0.25, 0.3) is 15.9 Å². The number of halogens is 1. The third kappa shape index (κ3) is 6.00. The van der Waals surface area contributed by atoms with Crippen molar-refractivity contribution in [1.82, 2.24) is 10.3 Å². The molecule has 0 unspecified atom stereocenters. The molecule has 1 heterocycles. The monoisotopic (exact) mass is 445 g/mol. The van der Waals surface area contributed by atoms with Crippen molar-refractivity contribution in [3.8, 4) is 11.6 Å². The molecule has 1 amide bonds. The number of carbonyl (C=O) groups is 1. The molecule has 0 aliphatic rings. The van der Waals surface area contributed by atoms with Gasteiger partial charge in [0.2, 0.25) is 5.88 Å². The summed E-state index contributed by atoms with van der Waals surface area (Å²) in [4.78, 5) is 16.4. The highest BCUT2D eigenvalue weighted by Crippen LogP contribution is 2.26. The minimum absolute atomic E-state index is 0.0657. The molecular formula is C21H20FN3O5S. The first kappa shape index (κ1) is 22.2. The van der Waals surface area contributed by atoms with Crippen molar-refractivity contribution in [1.29, 1.82) is 0 Å². The number of rotatable bonds is 9. The van der Waals surface area contributed by atoms with Crippen molar-refractivity contribution in [3.05, 3.63) is 78.2 Å². The molecule has 0 bridgehead atoms. The number of pyridine rings is 1. The van der Waals surface area contributed by atoms with Gasteiger partial charge in [0.1, 0.15) is 17.1 Å². The summed E-state index contributed by atoms with van der Waals surface area (Å²) in [5.74, 6) is -0.583. The molecule has 0 aliphatic carbocycles. The summed E-state index contributed by atoms with van der Waals surface area (Å²) in [6, 6.07) is 13.8. The second kappa shape index (κ2) is 10.0. The maximum absolute atomic E-state index is 13.1. The number of hydrogen-bond donors (Lipinski definition) is 2. The highest BCUT2D eigenvalue weighted by Gasteiger charge is 2.16. The maximum Gasteiger partial charge on any atom is 0.261 e. The normalized spacial score (nSPS) is 11.0. The average Bonchev–Trinajstić information content (AvgIpc) is 2.74. The summed E-state index contributed by atoms with van der Waals surface area (Å²) >= 11 is 0. The van der Waals surface area contributed by atoms with Crippen LogP contribution in [0.2, 0.25) is 0 Å². The minimum Gasteiger partial charge on any atom is -0.438 e. The highest BCUT2D eigenvalue weighted by molar-refractivity contribution is 7.92. The van der Waals surface area contributed by atoms with Crippen molar-refractivity contribution in [2.24, 2.45) is 0 Å². The SMILES string of the molecule is COCCNC(=O)c1cccnc1Oc1cccc(NS(=O)(=O)c2ccc(F)cc2)c1. The van der Waals surface area contributed by atoms with E-state index >= 15 is 0 Å². The van der Waals surface area contributed by atoms with Gasteiger partial charge >= 0.3 is 0 Å². The number of nitrogens with zero attached hydrogens (tertiary/aromatic N) is 1. The van der Waals surface area contributed by atoms with Gasteiger partial charge in [0.15, 0.2) is 0 Å².